The summed E-state index contributed by atoms with van der Waals surface area (Å²) in [6.07, 6.45) is 0.911. The Morgan fingerprint density at radius 1 is 1.07 bits per heavy atom. The molecule has 4 rings (SSSR count). The quantitative estimate of drug-likeness (QED) is 0.532. The van der Waals surface area contributed by atoms with Crippen LogP contribution < -0.4 is 14.8 Å². The summed E-state index contributed by atoms with van der Waals surface area (Å²) in [4.78, 5) is 17.6. The zero-order chi connectivity index (χ0) is 20.4. The van der Waals surface area contributed by atoms with Gasteiger partial charge in [0.2, 0.25) is 0 Å². The molecule has 7 heteroatoms. The number of para-hydroxylation sites is 1. The number of nitrogens with one attached hydrogen (secondary N) is 1. The fraction of sp³-hybridized carbons (Fsp3) is 0.227. The van der Waals surface area contributed by atoms with Crippen LogP contribution in [-0.4, -0.2) is 34.9 Å². The van der Waals surface area contributed by atoms with Crippen LogP contribution in [0.2, 0.25) is 0 Å². The molecule has 1 amide bonds. The number of carbonyl (C=O) groups excluding carboxylic acids is 1. The number of hydrogen-bond donors (Lipinski definition) is 1. The Morgan fingerprint density at radius 2 is 1.86 bits per heavy atom. The van der Waals surface area contributed by atoms with Gasteiger partial charge in [-0.25, -0.2) is 9.67 Å². The smallest absolute Gasteiger partial charge is 0.257 e. The van der Waals surface area contributed by atoms with Gasteiger partial charge < -0.3 is 14.8 Å². The van der Waals surface area contributed by atoms with Gasteiger partial charge in [-0.2, -0.15) is 5.10 Å². The van der Waals surface area contributed by atoms with Crippen LogP contribution in [0.15, 0.2) is 48.5 Å². The molecule has 0 atom stereocenters. The van der Waals surface area contributed by atoms with Crippen molar-refractivity contribution in [1.82, 2.24) is 14.8 Å². The van der Waals surface area contributed by atoms with Gasteiger partial charge in [0.1, 0.15) is 0 Å². The number of rotatable bonds is 6. The summed E-state index contributed by atoms with van der Waals surface area (Å²) in [5.41, 5.74) is 2.11. The summed E-state index contributed by atoms with van der Waals surface area (Å²) in [5.74, 6) is 1.28. The maximum Gasteiger partial charge on any atom is 0.257 e. The van der Waals surface area contributed by atoms with E-state index in [1.165, 1.54) is 7.11 Å². The molecule has 0 spiro atoms. The predicted octanol–water partition coefficient (Wildman–Crippen LogP) is 4.26. The third-order valence-corrected chi connectivity index (χ3v) is 4.74. The number of carbonyl (C=O) groups is 1. The largest absolute Gasteiger partial charge is 0.493 e. The summed E-state index contributed by atoms with van der Waals surface area (Å²) >= 11 is 0. The van der Waals surface area contributed by atoms with E-state index < -0.39 is 0 Å². The maximum absolute atomic E-state index is 12.9. The molecule has 0 aliphatic carbocycles. The molecule has 2 heterocycles. The first-order valence-corrected chi connectivity index (χ1v) is 9.44. The molecule has 0 fully saturated rings. The molecule has 0 aliphatic heterocycles. The van der Waals surface area contributed by atoms with Gasteiger partial charge in [0.05, 0.1) is 25.1 Å². The Bertz CT molecular complexity index is 1200. The van der Waals surface area contributed by atoms with E-state index in [-0.39, 0.29) is 5.91 Å². The van der Waals surface area contributed by atoms with E-state index in [0.717, 1.165) is 28.4 Å². The van der Waals surface area contributed by atoms with E-state index >= 15 is 0 Å². The number of aromatic nitrogens is 3. The maximum atomic E-state index is 12.9. The van der Waals surface area contributed by atoms with E-state index in [0.29, 0.717) is 29.4 Å². The van der Waals surface area contributed by atoms with E-state index in [4.69, 9.17) is 14.5 Å². The van der Waals surface area contributed by atoms with Crippen molar-refractivity contribution >= 4 is 33.7 Å². The zero-order valence-corrected chi connectivity index (χ0v) is 16.6. The lowest BCUT2D eigenvalue weighted by Gasteiger charge is -2.09. The molecular formula is C22H22N4O3. The van der Waals surface area contributed by atoms with Gasteiger partial charge in [-0.05, 0) is 36.8 Å². The lowest BCUT2D eigenvalue weighted by Crippen LogP contribution is -2.13. The number of benzene rings is 2. The number of fused-ring (bicyclic) bond motifs is 2. The minimum Gasteiger partial charge on any atom is -0.493 e. The Balaban J connectivity index is 1.75. The first-order chi connectivity index (χ1) is 14.1. The summed E-state index contributed by atoms with van der Waals surface area (Å²) in [7, 11) is 3.09. The van der Waals surface area contributed by atoms with E-state index in [1.807, 2.05) is 35.0 Å². The van der Waals surface area contributed by atoms with Crippen LogP contribution in [0, 0.1) is 0 Å². The minimum atomic E-state index is -0.276. The minimum absolute atomic E-state index is 0.276. The number of nitrogens with zero attached hydrogens (tertiary/aromatic N) is 3. The Morgan fingerprint density at radius 3 is 2.62 bits per heavy atom. The van der Waals surface area contributed by atoms with Crippen molar-refractivity contribution in [3.63, 3.8) is 0 Å². The second-order valence-electron chi connectivity index (χ2n) is 6.65. The molecule has 4 aromatic rings. The average Bonchev–Trinajstić information content (AvgIpc) is 3.08. The predicted molar refractivity (Wildman–Crippen MR) is 113 cm³/mol. The summed E-state index contributed by atoms with van der Waals surface area (Å²) in [6.45, 7) is 2.80. The van der Waals surface area contributed by atoms with Crippen molar-refractivity contribution in [3.05, 3.63) is 54.1 Å². The fourth-order valence-corrected chi connectivity index (χ4v) is 3.32. The van der Waals surface area contributed by atoms with Crippen LogP contribution in [0.25, 0.3) is 21.9 Å². The molecule has 7 nitrogen and oxygen atoms in total. The molecule has 2 aromatic heterocycles. The topological polar surface area (TPSA) is 78.3 Å². The normalized spacial score (nSPS) is 11.0. The number of hydrogen-bond acceptors (Lipinski definition) is 5. The highest BCUT2D eigenvalue weighted by Crippen LogP contribution is 2.29. The highest BCUT2D eigenvalue weighted by Gasteiger charge is 2.17. The first-order valence-electron chi connectivity index (χ1n) is 9.44. The molecule has 148 valence electrons. The van der Waals surface area contributed by atoms with Crippen LogP contribution in [0.4, 0.5) is 5.82 Å². The average molecular weight is 390 g/mol. The van der Waals surface area contributed by atoms with Crippen LogP contribution in [0.1, 0.15) is 23.7 Å². The second-order valence-corrected chi connectivity index (χ2v) is 6.65. The van der Waals surface area contributed by atoms with Crippen molar-refractivity contribution in [1.29, 1.82) is 0 Å². The molecular weight excluding hydrogens is 368 g/mol. The van der Waals surface area contributed by atoms with Crippen LogP contribution in [-0.2, 0) is 6.54 Å². The molecule has 0 unspecified atom stereocenters. The highest BCUT2D eigenvalue weighted by atomic mass is 16.5. The van der Waals surface area contributed by atoms with Gasteiger partial charge in [0.25, 0.3) is 5.91 Å². The molecule has 0 aliphatic rings. The van der Waals surface area contributed by atoms with Crippen LogP contribution in [0.3, 0.4) is 0 Å². The molecule has 0 saturated carbocycles. The van der Waals surface area contributed by atoms with Gasteiger partial charge in [-0.1, -0.05) is 25.1 Å². The summed E-state index contributed by atoms with van der Waals surface area (Å²) in [5, 5.41) is 9.35. The zero-order valence-electron chi connectivity index (χ0n) is 16.6. The summed E-state index contributed by atoms with van der Waals surface area (Å²) < 4.78 is 12.4. The van der Waals surface area contributed by atoms with E-state index in [9.17, 15) is 4.79 Å². The Kier molecular flexibility index (Phi) is 5.03. The molecule has 0 saturated heterocycles. The molecule has 0 bridgehead atoms. The van der Waals surface area contributed by atoms with Gasteiger partial charge in [0, 0.05) is 17.5 Å². The SMILES string of the molecule is CCCn1nc(NC(=O)c2ccc(OC)c(OC)c2)c2cc3ccccc3nc21. The van der Waals surface area contributed by atoms with Crippen molar-refractivity contribution < 1.29 is 14.3 Å². The number of amides is 1. The van der Waals surface area contributed by atoms with Crippen molar-refractivity contribution in [2.45, 2.75) is 19.9 Å². The van der Waals surface area contributed by atoms with Gasteiger partial charge in [-0.15, -0.1) is 0 Å². The first kappa shape index (κ1) is 18.7. The molecule has 2 aromatic carbocycles. The van der Waals surface area contributed by atoms with Crippen LogP contribution in [0.5, 0.6) is 11.5 Å². The Labute approximate surface area is 168 Å². The Hall–Kier alpha value is -3.61. The fourth-order valence-electron chi connectivity index (χ4n) is 3.32. The van der Waals surface area contributed by atoms with Gasteiger partial charge >= 0.3 is 0 Å². The van der Waals surface area contributed by atoms with E-state index in [2.05, 4.69) is 17.3 Å². The monoisotopic (exact) mass is 390 g/mol. The lowest BCUT2D eigenvalue weighted by molar-refractivity contribution is 0.102. The standard InChI is InChI=1S/C22H22N4O3/c1-4-11-26-21-16(12-14-7-5-6-8-17(14)23-21)20(25-26)24-22(27)15-9-10-18(28-2)19(13-15)29-3/h5-10,12-13H,4,11H2,1-3H3,(H,24,25,27). The number of pyridine rings is 1. The number of methoxy groups -OCH3 is 2. The van der Waals surface area contributed by atoms with Gasteiger partial charge in [0.15, 0.2) is 23.0 Å². The van der Waals surface area contributed by atoms with Crippen molar-refractivity contribution in [3.8, 4) is 11.5 Å². The van der Waals surface area contributed by atoms with Gasteiger partial charge in [-0.3, -0.25) is 4.79 Å². The third kappa shape index (κ3) is 3.47. The molecule has 29 heavy (non-hydrogen) atoms. The second kappa shape index (κ2) is 7.79. The van der Waals surface area contributed by atoms with E-state index in [1.54, 1.807) is 25.3 Å². The summed E-state index contributed by atoms with van der Waals surface area (Å²) in [6, 6.07) is 15.0. The number of aryl methyl sites for hydroxylation is 1. The molecule has 0 radical (unpaired) electrons. The third-order valence-electron chi connectivity index (χ3n) is 4.74. The number of anilines is 1. The number of ether oxygens (including phenoxy) is 2. The van der Waals surface area contributed by atoms with Crippen molar-refractivity contribution in [2.75, 3.05) is 19.5 Å². The van der Waals surface area contributed by atoms with Crippen LogP contribution >= 0.6 is 0 Å². The lowest BCUT2D eigenvalue weighted by atomic mass is 10.1. The molecule has 1 N–H and O–H groups in total. The van der Waals surface area contributed by atoms with Crippen molar-refractivity contribution in [2.24, 2.45) is 0 Å². The highest BCUT2D eigenvalue weighted by molar-refractivity contribution is 6.09.